The maximum absolute atomic E-state index is 12.5. The Morgan fingerprint density at radius 1 is 1.25 bits per heavy atom. The lowest BCUT2D eigenvalue weighted by Gasteiger charge is -2.24. The van der Waals surface area contributed by atoms with Crippen LogP contribution in [0.15, 0.2) is 18.2 Å². The van der Waals surface area contributed by atoms with E-state index in [-0.39, 0.29) is 18.4 Å². The fraction of sp³-hybridized carbons (Fsp3) is 0.571. The van der Waals surface area contributed by atoms with E-state index in [0.29, 0.717) is 18.0 Å². The highest BCUT2D eigenvalue weighted by atomic mass is 16.5. The average molecular weight is 388 g/mol. The van der Waals surface area contributed by atoms with Gasteiger partial charge in [0.1, 0.15) is 5.75 Å². The topological polar surface area (TPSA) is 84.9 Å². The van der Waals surface area contributed by atoms with E-state index < -0.39 is 23.9 Å². The number of carbonyl (C=O) groups is 3. The van der Waals surface area contributed by atoms with Crippen LogP contribution in [0.5, 0.6) is 5.75 Å². The second kappa shape index (κ2) is 8.63. The lowest BCUT2D eigenvalue weighted by atomic mass is 10.1. The molecular formula is C21H28N2O5. The molecule has 1 aliphatic carbocycles. The van der Waals surface area contributed by atoms with Crippen LogP contribution in [-0.4, -0.2) is 48.5 Å². The summed E-state index contributed by atoms with van der Waals surface area (Å²) in [7, 11) is 1.52. The summed E-state index contributed by atoms with van der Waals surface area (Å²) in [6.45, 7) is 3.83. The average Bonchev–Trinajstić information content (AvgIpc) is 3.31. The Bertz CT molecular complexity index is 757. The van der Waals surface area contributed by atoms with E-state index in [2.05, 4.69) is 5.32 Å². The number of benzene rings is 1. The van der Waals surface area contributed by atoms with Crippen LogP contribution in [-0.2, 0) is 19.1 Å². The molecule has 7 nitrogen and oxygen atoms in total. The molecule has 2 atom stereocenters. The zero-order valence-corrected chi connectivity index (χ0v) is 16.7. The highest BCUT2D eigenvalue weighted by molar-refractivity contribution is 5.97. The lowest BCUT2D eigenvalue weighted by Crippen LogP contribution is -2.36. The van der Waals surface area contributed by atoms with E-state index in [4.69, 9.17) is 9.47 Å². The summed E-state index contributed by atoms with van der Waals surface area (Å²) in [6, 6.07) is 5.69. The van der Waals surface area contributed by atoms with Crippen molar-refractivity contribution >= 4 is 23.5 Å². The summed E-state index contributed by atoms with van der Waals surface area (Å²) >= 11 is 0. The number of anilines is 1. The number of rotatable bonds is 6. The van der Waals surface area contributed by atoms with Crippen LogP contribution in [0.2, 0.25) is 0 Å². The standard InChI is InChI=1S/C21H28N2O5/c1-13-8-9-18(27-3)17(10-13)22-20(25)14(2)28-21(26)15-11-19(24)23(12-15)16-6-4-5-7-16/h8-10,14-16H,4-7,11-12H2,1-3H3,(H,22,25)/t14-,15-/m1/s1. The normalized spacial score (nSPS) is 20.9. The Kier molecular flexibility index (Phi) is 6.21. The van der Waals surface area contributed by atoms with Gasteiger partial charge in [-0.05, 0) is 44.4 Å². The minimum atomic E-state index is -0.964. The number of amides is 2. The maximum atomic E-state index is 12.5. The van der Waals surface area contributed by atoms with Crippen molar-refractivity contribution < 1.29 is 23.9 Å². The van der Waals surface area contributed by atoms with Crippen LogP contribution in [0.3, 0.4) is 0 Å². The number of ether oxygens (including phenoxy) is 2. The van der Waals surface area contributed by atoms with E-state index in [1.165, 1.54) is 14.0 Å². The minimum absolute atomic E-state index is 0.00968. The van der Waals surface area contributed by atoms with Crippen molar-refractivity contribution in [2.45, 2.75) is 58.1 Å². The second-order valence-electron chi connectivity index (χ2n) is 7.66. The number of carbonyl (C=O) groups excluding carboxylic acids is 3. The first-order valence-electron chi connectivity index (χ1n) is 9.84. The zero-order valence-electron chi connectivity index (χ0n) is 16.7. The Morgan fingerprint density at radius 2 is 1.96 bits per heavy atom. The van der Waals surface area contributed by atoms with Crippen molar-refractivity contribution in [2.24, 2.45) is 5.92 Å². The van der Waals surface area contributed by atoms with Gasteiger partial charge in [-0.2, -0.15) is 0 Å². The number of methoxy groups -OCH3 is 1. The number of hydrogen-bond acceptors (Lipinski definition) is 5. The summed E-state index contributed by atoms with van der Waals surface area (Å²) in [5.41, 5.74) is 1.50. The van der Waals surface area contributed by atoms with E-state index >= 15 is 0 Å². The summed E-state index contributed by atoms with van der Waals surface area (Å²) in [5, 5.41) is 2.74. The lowest BCUT2D eigenvalue weighted by molar-refractivity contribution is -0.157. The third-order valence-electron chi connectivity index (χ3n) is 5.53. The van der Waals surface area contributed by atoms with E-state index in [1.807, 2.05) is 17.9 Å². The van der Waals surface area contributed by atoms with Gasteiger partial charge >= 0.3 is 5.97 Å². The largest absolute Gasteiger partial charge is 0.495 e. The fourth-order valence-electron chi connectivity index (χ4n) is 3.94. The molecule has 0 spiro atoms. The molecule has 0 unspecified atom stereocenters. The molecule has 0 aromatic heterocycles. The molecule has 152 valence electrons. The molecule has 1 aromatic carbocycles. The third kappa shape index (κ3) is 4.46. The molecule has 1 aliphatic heterocycles. The van der Waals surface area contributed by atoms with Gasteiger partial charge in [-0.25, -0.2) is 0 Å². The molecule has 0 radical (unpaired) electrons. The number of esters is 1. The minimum Gasteiger partial charge on any atom is -0.495 e. The molecule has 3 rings (SSSR count). The van der Waals surface area contributed by atoms with Crippen LogP contribution in [0.1, 0.15) is 44.6 Å². The molecule has 2 aliphatic rings. The number of nitrogens with zero attached hydrogens (tertiary/aromatic N) is 1. The highest BCUT2D eigenvalue weighted by Crippen LogP contribution is 2.30. The molecule has 28 heavy (non-hydrogen) atoms. The molecule has 1 saturated heterocycles. The fourth-order valence-corrected chi connectivity index (χ4v) is 3.94. The molecule has 7 heteroatoms. The van der Waals surface area contributed by atoms with E-state index in [9.17, 15) is 14.4 Å². The van der Waals surface area contributed by atoms with E-state index in [0.717, 1.165) is 31.2 Å². The summed E-state index contributed by atoms with van der Waals surface area (Å²) in [5.74, 6) is -0.889. The first-order chi connectivity index (χ1) is 13.4. The first kappa shape index (κ1) is 20.2. The summed E-state index contributed by atoms with van der Waals surface area (Å²) < 4.78 is 10.6. The van der Waals surface area contributed by atoms with E-state index in [1.54, 1.807) is 12.1 Å². The van der Waals surface area contributed by atoms with Gasteiger partial charge < -0.3 is 19.7 Å². The first-order valence-corrected chi connectivity index (χ1v) is 9.84. The molecular weight excluding hydrogens is 360 g/mol. The molecule has 0 bridgehead atoms. The van der Waals surface area contributed by atoms with Crippen molar-refractivity contribution in [2.75, 3.05) is 19.0 Å². The summed E-state index contributed by atoms with van der Waals surface area (Å²) in [6.07, 6.45) is 3.46. The van der Waals surface area contributed by atoms with Gasteiger partial charge in [0.15, 0.2) is 6.10 Å². The van der Waals surface area contributed by atoms with Crippen molar-refractivity contribution in [1.29, 1.82) is 0 Å². The molecule has 2 fully saturated rings. The van der Waals surface area contributed by atoms with Crippen molar-refractivity contribution in [1.82, 2.24) is 4.90 Å². The Labute approximate surface area is 165 Å². The van der Waals surface area contributed by atoms with Crippen molar-refractivity contribution in [3.05, 3.63) is 23.8 Å². The quantitative estimate of drug-likeness (QED) is 0.758. The number of nitrogens with one attached hydrogen (secondary N) is 1. The van der Waals surface area contributed by atoms with Crippen molar-refractivity contribution in [3.8, 4) is 5.75 Å². The molecule has 1 saturated carbocycles. The Morgan fingerprint density at radius 3 is 2.64 bits per heavy atom. The highest BCUT2D eigenvalue weighted by Gasteiger charge is 2.40. The molecule has 1 aromatic rings. The maximum Gasteiger partial charge on any atom is 0.312 e. The Hall–Kier alpha value is -2.57. The molecule has 2 amide bonds. The van der Waals surface area contributed by atoms with Gasteiger partial charge in [0.2, 0.25) is 5.91 Å². The number of aryl methyl sites for hydroxylation is 1. The zero-order chi connectivity index (χ0) is 20.3. The van der Waals surface area contributed by atoms with Crippen LogP contribution >= 0.6 is 0 Å². The predicted molar refractivity (Wildman–Crippen MR) is 104 cm³/mol. The second-order valence-corrected chi connectivity index (χ2v) is 7.66. The SMILES string of the molecule is COc1ccc(C)cc1NC(=O)[C@@H](C)OC(=O)[C@@H]1CC(=O)N(C2CCCC2)C1. The molecule has 1 heterocycles. The number of likely N-dealkylation sites (tertiary alicyclic amines) is 1. The molecule has 1 N–H and O–H groups in total. The van der Waals surface area contributed by atoms with Crippen molar-refractivity contribution in [3.63, 3.8) is 0 Å². The summed E-state index contributed by atoms with van der Waals surface area (Å²) in [4.78, 5) is 39.0. The predicted octanol–water partition coefficient (Wildman–Crippen LogP) is 2.66. The van der Waals surface area contributed by atoms with Crippen LogP contribution < -0.4 is 10.1 Å². The Balaban J connectivity index is 1.56. The van der Waals surface area contributed by atoms with Crippen LogP contribution in [0.25, 0.3) is 0 Å². The van der Waals surface area contributed by atoms with Gasteiger partial charge in [0, 0.05) is 19.0 Å². The van der Waals surface area contributed by atoms with Gasteiger partial charge in [0.05, 0.1) is 18.7 Å². The van der Waals surface area contributed by atoms with Gasteiger partial charge in [-0.15, -0.1) is 0 Å². The van der Waals surface area contributed by atoms with Crippen LogP contribution in [0, 0.1) is 12.8 Å². The van der Waals surface area contributed by atoms with Crippen LogP contribution in [0.4, 0.5) is 5.69 Å². The monoisotopic (exact) mass is 388 g/mol. The smallest absolute Gasteiger partial charge is 0.312 e. The van der Waals surface area contributed by atoms with Gasteiger partial charge in [-0.3, -0.25) is 14.4 Å². The van der Waals surface area contributed by atoms with Gasteiger partial charge in [0.25, 0.3) is 5.91 Å². The third-order valence-corrected chi connectivity index (χ3v) is 5.53. The van der Waals surface area contributed by atoms with Gasteiger partial charge in [-0.1, -0.05) is 18.9 Å². The number of hydrogen-bond donors (Lipinski definition) is 1.